The van der Waals surface area contributed by atoms with Crippen LogP contribution in [0.4, 0.5) is 119 Å². The lowest BCUT2D eigenvalue weighted by Crippen LogP contribution is -2.44. The summed E-state index contributed by atoms with van der Waals surface area (Å²) < 4.78 is 138. The number of amides is 3. The summed E-state index contributed by atoms with van der Waals surface area (Å²) in [6.45, 7) is 11.7. The normalized spacial score (nSPS) is 14.1. The molecule has 596 valence electrons. The molecule has 3 aliphatic rings. The molecule has 24 nitrogen and oxygen atoms in total. The molecule has 3 fully saturated rings. The van der Waals surface area contributed by atoms with Crippen molar-refractivity contribution in [1.29, 1.82) is 0 Å². The van der Waals surface area contributed by atoms with Gasteiger partial charge >= 0.3 is 18.5 Å². The van der Waals surface area contributed by atoms with Gasteiger partial charge in [0.2, 0.25) is 0 Å². The van der Waals surface area contributed by atoms with Crippen LogP contribution in [0.25, 0.3) is 0 Å². The van der Waals surface area contributed by atoms with Gasteiger partial charge in [0.15, 0.2) is 0 Å². The maximum atomic E-state index is 13.8. The Kier molecular flexibility index (Phi) is 28.8. The number of hydrogen-bond donors (Lipinski definition) is 9. The van der Waals surface area contributed by atoms with E-state index < -0.39 is 52.9 Å². The molecule has 3 aliphatic heterocycles. The molecule has 0 unspecified atom stereocenters. The van der Waals surface area contributed by atoms with E-state index in [-0.39, 0.29) is 67.6 Å². The lowest BCUT2D eigenvalue weighted by Gasteiger charge is -2.34. The highest BCUT2D eigenvalue weighted by Crippen LogP contribution is 2.43. The summed E-state index contributed by atoms with van der Waals surface area (Å²) in [5.41, 5.74) is 8.52. The Bertz CT molecular complexity index is 4500. The monoisotopic (exact) mass is 1580 g/mol. The lowest BCUT2D eigenvalue weighted by molar-refractivity contribution is -0.138. The van der Waals surface area contributed by atoms with Crippen LogP contribution in [0.2, 0.25) is 5.15 Å². The minimum Gasteiger partial charge on any atom is -0.495 e. The first-order chi connectivity index (χ1) is 53.4. The fourth-order valence-electron chi connectivity index (χ4n) is 12.0. The van der Waals surface area contributed by atoms with E-state index in [0.29, 0.717) is 34.8 Å². The van der Waals surface area contributed by atoms with Gasteiger partial charge in [-0.25, -0.2) is 15.0 Å². The molecule has 34 heteroatoms. The molecule has 3 aromatic heterocycles. The van der Waals surface area contributed by atoms with E-state index in [9.17, 15) is 53.9 Å². The Morgan fingerprint density at radius 2 is 0.670 bits per heavy atom. The number of carbonyl (C=O) groups is 3. The third-order valence-corrected chi connectivity index (χ3v) is 18.5. The van der Waals surface area contributed by atoms with Gasteiger partial charge in [0.05, 0.1) is 106 Å². The number of pyridine rings is 3. The Morgan fingerprint density at radius 1 is 0.375 bits per heavy atom. The van der Waals surface area contributed by atoms with Crippen LogP contribution in [0.5, 0.6) is 17.2 Å². The average molecular weight is 1580 g/mol. The molecule has 3 saturated heterocycles. The number of alkyl halides is 9. The number of piperazine rings is 3. The minimum atomic E-state index is -4.66. The SMILES string of the molecule is CNC(=O)c1ccccc1Nc1cc(Cl)ncc1C(F)(F)F.CNC(=O)c1ccccc1Nc1cc(Nc2ccc(N3CCN(C)CC3)cc2OC)ncc1C(F)(F)F.CNC(=O)c1ccccc1Nc1cc(Nc2ccc(N3CCN(C)CC3)cc2OC)ncc1C(F)(F)F.COc1cc(N2CCN(C)CC2)ccc1N. The molecule has 0 saturated carbocycles. The smallest absolute Gasteiger partial charge is 0.419 e. The van der Waals surface area contributed by atoms with Gasteiger partial charge in [-0.3, -0.25) is 14.4 Å². The second-order valence-corrected chi connectivity index (χ2v) is 26.2. The Balaban J connectivity index is 0.000000180. The number of methoxy groups -OCH3 is 3. The molecular weight excluding hydrogens is 1490 g/mol. The number of anilines is 14. The van der Waals surface area contributed by atoms with E-state index in [2.05, 4.69) is 114 Å². The summed E-state index contributed by atoms with van der Waals surface area (Å²) >= 11 is 5.67. The van der Waals surface area contributed by atoms with Crippen molar-refractivity contribution in [3.05, 3.63) is 203 Å². The Labute approximate surface area is 647 Å². The zero-order valence-electron chi connectivity index (χ0n) is 62.9. The van der Waals surface area contributed by atoms with Gasteiger partial charge in [-0.15, -0.1) is 0 Å². The number of rotatable bonds is 19. The van der Waals surface area contributed by atoms with Crippen LogP contribution < -0.4 is 77.2 Å². The maximum Gasteiger partial charge on any atom is 0.419 e. The molecule has 0 spiro atoms. The molecule has 9 aromatic rings. The maximum absolute atomic E-state index is 13.8. The zero-order valence-corrected chi connectivity index (χ0v) is 63.7. The van der Waals surface area contributed by atoms with Crippen LogP contribution in [0.3, 0.4) is 0 Å². The molecule has 10 N–H and O–H groups in total. The van der Waals surface area contributed by atoms with Gasteiger partial charge in [-0.05, 0) is 100 Å². The fraction of sp³-hybridized carbons (Fsp3) is 0.308. The van der Waals surface area contributed by atoms with Crippen molar-refractivity contribution in [2.45, 2.75) is 18.5 Å². The molecule has 112 heavy (non-hydrogen) atoms. The minimum absolute atomic E-state index is 0.0899. The Hall–Kier alpha value is -11.7. The van der Waals surface area contributed by atoms with E-state index in [4.69, 9.17) is 31.5 Å². The average Bonchev–Trinajstić information content (AvgIpc) is 0.800. The molecule has 0 bridgehead atoms. The third kappa shape index (κ3) is 22.5. The highest BCUT2D eigenvalue weighted by molar-refractivity contribution is 6.29. The summed E-state index contributed by atoms with van der Waals surface area (Å²) in [6.07, 6.45) is -11.7. The number of nitrogen functional groups attached to an aromatic ring is 1. The number of ether oxygens (including phenoxy) is 3. The van der Waals surface area contributed by atoms with Crippen molar-refractivity contribution in [1.82, 2.24) is 45.6 Å². The first-order valence-electron chi connectivity index (χ1n) is 35.2. The number of nitrogens with zero attached hydrogens (tertiary/aromatic N) is 9. The summed E-state index contributed by atoms with van der Waals surface area (Å²) in [5, 5.41) is 21.6. The summed E-state index contributed by atoms with van der Waals surface area (Å²) in [5.74, 6) is 0.934. The number of nitrogens with one attached hydrogen (secondary N) is 8. The molecule has 12 rings (SSSR count). The number of carbonyl (C=O) groups excluding carboxylic acids is 3. The van der Waals surface area contributed by atoms with Crippen molar-refractivity contribution in [3.8, 4) is 17.2 Å². The number of para-hydroxylation sites is 3. The second kappa shape index (κ2) is 38.3. The van der Waals surface area contributed by atoms with Crippen molar-refractivity contribution in [2.75, 3.05) is 189 Å². The summed E-state index contributed by atoms with van der Waals surface area (Å²) in [7, 11) is 15.4. The number of nitrogens with two attached hydrogens (primary N) is 1. The summed E-state index contributed by atoms with van der Waals surface area (Å²) in [4.78, 5) is 61.4. The van der Waals surface area contributed by atoms with Crippen molar-refractivity contribution >= 4 is 109 Å². The molecule has 0 atom stereocenters. The van der Waals surface area contributed by atoms with Gasteiger partial charge in [0.1, 0.15) is 34.0 Å². The van der Waals surface area contributed by atoms with Crippen LogP contribution >= 0.6 is 11.6 Å². The van der Waals surface area contributed by atoms with E-state index in [1.165, 1.54) is 77.4 Å². The third-order valence-electron chi connectivity index (χ3n) is 18.3. The van der Waals surface area contributed by atoms with E-state index in [0.717, 1.165) is 114 Å². The van der Waals surface area contributed by atoms with E-state index in [1.54, 1.807) is 55.6 Å². The Morgan fingerprint density at radius 3 is 0.982 bits per heavy atom. The van der Waals surface area contributed by atoms with Crippen molar-refractivity contribution in [2.24, 2.45) is 0 Å². The molecule has 0 radical (unpaired) electrons. The highest BCUT2D eigenvalue weighted by atomic mass is 35.5. The molecular formula is C78H88ClF9N18O6. The molecule has 3 amide bonds. The van der Waals surface area contributed by atoms with Gasteiger partial charge < -0.3 is 91.9 Å². The number of aromatic nitrogens is 3. The zero-order chi connectivity index (χ0) is 81.0. The van der Waals surface area contributed by atoms with Gasteiger partial charge in [-0.2, -0.15) is 39.5 Å². The first-order valence-corrected chi connectivity index (χ1v) is 35.6. The summed E-state index contributed by atoms with van der Waals surface area (Å²) in [6, 6.07) is 39.8. The van der Waals surface area contributed by atoms with E-state index in [1.807, 2.05) is 48.5 Å². The van der Waals surface area contributed by atoms with Gasteiger partial charge in [-0.1, -0.05) is 48.0 Å². The van der Waals surface area contributed by atoms with Gasteiger partial charge in [0, 0.05) is 166 Å². The topological polar surface area (TPSA) is 259 Å². The van der Waals surface area contributed by atoms with Crippen LogP contribution in [0.15, 0.2) is 164 Å². The number of halogens is 10. The number of likely N-dealkylation sites (N-methyl/N-ethyl adjacent to an activating group) is 3. The van der Waals surface area contributed by atoms with E-state index >= 15 is 0 Å². The molecule has 0 aliphatic carbocycles. The second-order valence-electron chi connectivity index (χ2n) is 25.8. The van der Waals surface area contributed by atoms with Crippen LogP contribution in [0, 0.1) is 0 Å². The van der Waals surface area contributed by atoms with Crippen molar-refractivity contribution in [3.63, 3.8) is 0 Å². The highest BCUT2D eigenvalue weighted by Gasteiger charge is 2.37. The van der Waals surface area contributed by atoms with Gasteiger partial charge in [0.25, 0.3) is 17.7 Å². The quantitative estimate of drug-likeness (QED) is 0.0207. The fourth-order valence-corrected chi connectivity index (χ4v) is 12.2. The van der Waals surface area contributed by atoms with Crippen LogP contribution in [0.1, 0.15) is 47.8 Å². The molecule has 6 aromatic carbocycles. The largest absolute Gasteiger partial charge is 0.495 e. The number of benzene rings is 6. The number of hydrogen-bond acceptors (Lipinski definition) is 21. The predicted octanol–water partition coefficient (Wildman–Crippen LogP) is 14.3. The lowest BCUT2D eigenvalue weighted by atomic mass is 10.1. The predicted molar refractivity (Wildman–Crippen MR) is 421 cm³/mol. The molecule has 6 heterocycles. The van der Waals surface area contributed by atoms with Crippen LogP contribution in [-0.4, -0.2) is 190 Å². The van der Waals surface area contributed by atoms with Crippen LogP contribution in [-0.2, 0) is 18.5 Å². The standard InChI is InChI=1S/2C26H29F3N6O2.C14H11ClF3N3O.C12H19N3O/c2*1-30-25(36)18-6-4-5-7-20(18)32-22-15-24(31-16-19(22)26(27,28)29)33-21-9-8-17(14-23(21)37-3)35-12-10-34(2)11-13-35;1-19-13(22)8-4-2-3-5-10(8)21-11-6-12(15)20-7-9(11)14(16,17)18;1-14-5-7-15(8-6-14)10-3-4-11(13)12(9-10)16-2/h2*4-9,14-16H,10-13H2,1-3H3,(H,30,36)(H2,31,32,33);2-7H,1H3,(H,19,22)(H,20,21);3-4,9H,5-8,13H2,1-2H3. The first kappa shape index (κ1) is 84.3. The van der Waals surface area contributed by atoms with Crippen molar-refractivity contribution < 1.29 is 68.1 Å².